The lowest BCUT2D eigenvalue weighted by atomic mass is 9.88. The van der Waals surface area contributed by atoms with E-state index in [9.17, 15) is 8.78 Å². The number of nitrogens with two attached hydrogens (primary N) is 1. The van der Waals surface area contributed by atoms with Gasteiger partial charge < -0.3 is 5.73 Å². The SMILES string of the molecule is CCCCC(CC)C(N)Cc1c(F)cccc1F. The summed E-state index contributed by atoms with van der Waals surface area (Å²) >= 11 is 0. The highest BCUT2D eigenvalue weighted by molar-refractivity contribution is 5.20. The van der Waals surface area contributed by atoms with Gasteiger partial charge in [-0.15, -0.1) is 0 Å². The summed E-state index contributed by atoms with van der Waals surface area (Å²) in [6, 6.07) is 3.79. The van der Waals surface area contributed by atoms with Crippen LogP contribution in [0.1, 0.15) is 45.1 Å². The van der Waals surface area contributed by atoms with Crippen LogP contribution < -0.4 is 5.73 Å². The molecule has 0 aliphatic rings. The number of unbranched alkanes of at least 4 members (excludes halogenated alkanes) is 1. The van der Waals surface area contributed by atoms with Gasteiger partial charge in [-0.25, -0.2) is 8.78 Å². The van der Waals surface area contributed by atoms with Crippen LogP contribution in [0.25, 0.3) is 0 Å². The second-order valence-corrected chi connectivity index (χ2v) is 4.88. The van der Waals surface area contributed by atoms with Crippen molar-refractivity contribution in [2.24, 2.45) is 11.7 Å². The van der Waals surface area contributed by atoms with Crippen molar-refractivity contribution in [3.05, 3.63) is 35.4 Å². The molecule has 1 aromatic carbocycles. The molecular formula is C15H23F2N. The standard InChI is InChI=1S/C15H23F2N/c1-3-5-7-11(4-2)15(18)10-12-13(16)8-6-9-14(12)17/h6,8-9,11,15H,3-5,7,10,18H2,1-2H3. The van der Waals surface area contributed by atoms with Crippen LogP contribution in [0.4, 0.5) is 8.78 Å². The Balaban J connectivity index is 2.70. The van der Waals surface area contributed by atoms with Gasteiger partial charge in [-0.3, -0.25) is 0 Å². The van der Waals surface area contributed by atoms with Gasteiger partial charge in [0.25, 0.3) is 0 Å². The maximum atomic E-state index is 13.5. The molecule has 0 amide bonds. The fourth-order valence-electron chi connectivity index (χ4n) is 2.32. The summed E-state index contributed by atoms with van der Waals surface area (Å²) in [7, 11) is 0. The van der Waals surface area contributed by atoms with Gasteiger partial charge in [0.05, 0.1) is 0 Å². The molecule has 2 N–H and O–H groups in total. The average molecular weight is 255 g/mol. The Morgan fingerprint density at radius 3 is 2.28 bits per heavy atom. The molecule has 0 aliphatic heterocycles. The molecule has 0 saturated heterocycles. The van der Waals surface area contributed by atoms with Crippen LogP contribution in [-0.4, -0.2) is 6.04 Å². The number of hydrogen-bond acceptors (Lipinski definition) is 1. The summed E-state index contributed by atoms with van der Waals surface area (Å²) in [5.74, 6) is -0.643. The predicted octanol–water partition coefficient (Wildman–Crippen LogP) is 4.05. The predicted molar refractivity (Wildman–Crippen MR) is 71.3 cm³/mol. The van der Waals surface area contributed by atoms with Gasteiger partial charge in [-0.05, 0) is 30.9 Å². The van der Waals surface area contributed by atoms with E-state index < -0.39 is 11.6 Å². The topological polar surface area (TPSA) is 26.0 Å². The molecular weight excluding hydrogens is 232 g/mol. The van der Waals surface area contributed by atoms with Gasteiger partial charge in [0.15, 0.2) is 0 Å². The van der Waals surface area contributed by atoms with Crippen LogP contribution in [0, 0.1) is 17.6 Å². The second kappa shape index (κ2) is 7.47. The Labute approximate surface area is 108 Å². The van der Waals surface area contributed by atoms with E-state index in [2.05, 4.69) is 13.8 Å². The molecule has 1 rings (SSSR count). The molecule has 0 aromatic heterocycles. The summed E-state index contributed by atoms with van der Waals surface area (Å²) in [5, 5.41) is 0. The first-order valence-electron chi connectivity index (χ1n) is 6.78. The third-order valence-electron chi connectivity index (χ3n) is 3.56. The summed E-state index contributed by atoms with van der Waals surface area (Å²) in [6.07, 6.45) is 4.51. The largest absolute Gasteiger partial charge is 0.327 e. The van der Waals surface area contributed by atoms with Crippen LogP contribution in [0.2, 0.25) is 0 Å². The van der Waals surface area contributed by atoms with Gasteiger partial charge in [0.1, 0.15) is 11.6 Å². The Bertz CT molecular complexity index is 345. The molecule has 1 aromatic rings. The maximum Gasteiger partial charge on any atom is 0.129 e. The van der Waals surface area contributed by atoms with Crippen LogP contribution in [0.5, 0.6) is 0 Å². The molecule has 0 radical (unpaired) electrons. The first-order valence-corrected chi connectivity index (χ1v) is 6.78. The molecule has 18 heavy (non-hydrogen) atoms. The van der Waals surface area contributed by atoms with Crippen LogP contribution in [0.3, 0.4) is 0 Å². The number of rotatable bonds is 7. The molecule has 0 spiro atoms. The molecule has 0 saturated carbocycles. The van der Waals surface area contributed by atoms with E-state index in [0.29, 0.717) is 5.92 Å². The second-order valence-electron chi connectivity index (χ2n) is 4.88. The van der Waals surface area contributed by atoms with Crippen molar-refractivity contribution in [3.63, 3.8) is 0 Å². The first kappa shape index (κ1) is 15.1. The zero-order chi connectivity index (χ0) is 13.5. The fourth-order valence-corrected chi connectivity index (χ4v) is 2.32. The minimum Gasteiger partial charge on any atom is -0.327 e. The molecule has 2 atom stereocenters. The van der Waals surface area contributed by atoms with E-state index in [1.165, 1.54) is 18.2 Å². The van der Waals surface area contributed by atoms with Crippen LogP contribution >= 0.6 is 0 Å². The molecule has 1 nitrogen and oxygen atoms in total. The van der Waals surface area contributed by atoms with E-state index in [1.54, 1.807) is 0 Å². The van der Waals surface area contributed by atoms with Gasteiger partial charge in [0.2, 0.25) is 0 Å². The van der Waals surface area contributed by atoms with Crippen molar-refractivity contribution < 1.29 is 8.78 Å². The van der Waals surface area contributed by atoms with E-state index in [0.717, 1.165) is 25.7 Å². The van der Waals surface area contributed by atoms with Crippen molar-refractivity contribution in [1.82, 2.24) is 0 Å². The average Bonchev–Trinajstić information content (AvgIpc) is 2.35. The van der Waals surface area contributed by atoms with Gasteiger partial charge >= 0.3 is 0 Å². The van der Waals surface area contributed by atoms with Gasteiger partial charge in [-0.2, -0.15) is 0 Å². The lowest BCUT2D eigenvalue weighted by Gasteiger charge is -2.23. The van der Waals surface area contributed by atoms with Gasteiger partial charge in [0, 0.05) is 11.6 Å². The van der Waals surface area contributed by atoms with Crippen molar-refractivity contribution in [2.45, 2.75) is 52.0 Å². The lowest BCUT2D eigenvalue weighted by Crippen LogP contribution is -2.32. The Morgan fingerprint density at radius 1 is 1.17 bits per heavy atom. The summed E-state index contributed by atoms with van der Waals surface area (Å²) < 4.78 is 27.1. The first-order chi connectivity index (χ1) is 8.60. The Morgan fingerprint density at radius 2 is 1.78 bits per heavy atom. The monoisotopic (exact) mass is 255 g/mol. The van der Waals surface area contributed by atoms with Crippen LogP contribution in [-0.2, 0) is 6.42 Å². The Hall–Kier alpha value is -0.960. The lowest BCUT2D eigenvalue weighted by molar-refractivity contribution is 0.362. The van der Waals surface area contributed by atoms with Gasteiger partial charge in [-0.1, -0.05) is 39.2 Å². The normalized spacial score (nSPS) is 14.5. The highest BCUT2D eigenvalue weighted by Gasteiger charge is 2.19. The van der Waals surface area contributed by atoms with Crippen molar-refractivity contribution >= 4 is 0 Å². The van der Waals surface area contributed by atoms with Crippen molar-refractivity contribution in [3.8, 4) is 0 Å². The fraction of sp³-hybridized carbons (Fsp3) is 0.600. The maximum absolute atomic E-state index is 13.5. The number of halogens is 2. The number of benzene rings is 1. The molecule has 0 heterocycles. The summed E-state index contributed by atoms with van der Waals surface area (Å²) in [6.45, 7) is 4.21. The summed E-state index contributed by atoms with van der Waals surface area (Å²) in [5.41, 5.74) is 6.23. The van der Waals surface area contributed by atoms with Crippen molar-refractivity contribution in [1.29, 1.82) is 0 Å². The van der Waals surface area contributed by atoms with E-state index >= 15 is 0 Å². The third-order valence-corrected chi connectivity index (χ3v) is 3.56. The van der Waals surface area contributed by atoms with E-state index in [-0.39, 0.29) is 18.0 Å². The minimum absolute atomic E-state index is 0.125. The third kappa shape index (κ3) is 4.05. The zero-order valence-corrected chi connectivity index (χ0v) is 11.3. The molecule has 0 bridgehead atoms. The van der Waals surface area contributed by atoms with E-state index in [1.807, 2.05) is 0 Å². The highest BCUT2D eigenvalue weighted by Crippen LogP contribution is 2.21. The molecule has 0 aliphatic carbocycles. The molecule has 0 fully saturated rings. The Kier molecular flexibility index (Phi) is 6.27. The van der Waals surface area contributed by atoms with Crippen LogP contribution in [0.15, 0.2) is 18.2 Å². The highest BCUT2D eigenvalue weighted by atomic mass is 19.1. The van der Waals surface area contributed by atoms with Crippen molar-refractivity contribution in [2.75, 3.05) is 0 Å². The summed E-state index contributed by atoms with van der Waals surface area (Å²) in [4.78, 5) is 0. The smallest absolute Gasteiger partial charge is 0.129 e. The molecule has 102 valence electrons. The number of hydrogen-bond donors (Lipinski definition) is 1. The van der Waals surface area contributed by atoms with E-state index in [4.69, 9.17) is 5.73 Å². The molecule has 3 heteroatoms. The zero-order valence-electron chi connectivity index (χ0n) is 11.3. The quantitative estimate of drug-likeness (QED) is 0.781. The minimum atomic E-state index is -0.490. The molecule has 2 unspecified atom stereocenters.